The standard InChI is InChI=1S/C12H9BrN6O/c13-8-4-10(16-5-8)12(20)18-9-2-1-3-15-11(9)19-7-14-6-17-19/h1-7,16H,(H,18,20). The highest BCUT2D eigenvalue weighted by atomic mass is 79.9. The number of aromatic amines is 1. The van der Waals surface area contributed by atoms with Gasteiger partial charge in [0.15, 0.2) is 5.82 Å². The summed E-state index contributed by atoms with van der Waals surface area (Å²) < 4.78 is 2.30. The lowest BCUT2D eigenvalue weighted by Crippen LogP contribution is -2.15. The summed E-state index contributed by atoms with van der Waals surface area (Å²) in [7, 11) is 0. The van der Waals surface area contributed by atoms with E-state index in [4.69, 9.17) is 0 Å². The fraction of sp³-hybridized carbons (Fsp3) is 0. The summed E-state index contributed by atoms with van der Waals surface area (Å²) in [5.41, 5.74) is 0.999. The minimum absolute atomic E-state index is 0.259. The molecule has 0 aliphatic heterocycles. The van der Waals surface area contributed by atoms with E-state index in [0.717, 1.165) is 4.47 Å². The molecule has 0 unspecified atom stereocenters. The van der Waals surface area contributed by atoms with Gasteiger partial charge in [0.1, 0.15) is 18.3 Å². The highest BCUT2D eigenvalue weighted by Crippen LogP contribution is 2.17. The third-order valence-electron chi connectivity index (χ3n) is 2.56. The van der Waals surface area contributed by atoms with Crippen LogP contribution >= 0.6 is 15.9 Å². The summed E-state index contributed by atoms with van der Waals surface area (Å²) in [6, 6.07) is 5.18. The van der Waals surface area contributed by atoms with Crippen molar-refractivity contribution in [1.82, 2.24) is 24.7 Å². The van der Waals surface area contributed by atoms with Crippen LogP contribution < -0.4 is 5.32 Å². The summed E-state index contributed by atoms with van der Waals surface area (Å²) in [5.74, 6) is 0.244. The van der Waals surface area contributed by atoms with Crippen LogP contribution in [0.3, 0.4) is 0 Å². The van der Waals surface area contributed by atoms with E-state index in [1.54, 1.807) is 30.6 Å². The minimum Gasteiger partial charge on any atom is -0.356 e. The smallest absolute Gasteiger partial charge is 0.272 e. The Balaban J connectivity index is 1.90. The van der Waals surface area contributed by atoms with Crippen molar-refractivity contribution in [2.24, 2.45) is 0 Å². The molecule has 0 aliphatic rings. The number of H-pyrrole nitrogens is 1. The maximum absolute atomic E-state index is 12.1. The number of hydrogen-bond donors (Lipinski definition) is 2. The van der Waals surface area contributed by atoms with Crippen LogP contribution in [-0.4, -0.2) is 30.6 Å². The highest BCUT2D eigenvalue weighted by molar-refractivity contribution is 9.10. The molecule has 0 spiro atoms. The van der Waals surface area contributed by atoms with E-state index < -0.39 is 0 Å². The fourth-order valence-electron chi connectivity index (χ4n) is 1.68. The lowest BCUT2D eigenvalue weighted by Gasteiger charge is -2.08. The molecule has 7 nitrogen and oxygen atoms in total. The molecule has 2 N–H and O–H groups in total. The van der Waals surface area contributed by atoms with E-state index in [1.807, 2.05) is 0 Å². The largest absolute Gasteiger partial charge is 0.356 e. The molecule has 0 radical (unpaired) electrons. The van der Waals surface area contributed by atoms with Crippen LogP contribution in [0.5, 0.6) is 0 Å². The van der Waals surface area contributed by atoms with Gasteiger partial charge in [-0.3, -0.25) is 4.79 Å². The first-order valence-electron chi connectivity index (χ1n) is 5.69. The van der Waals surface area contributed by atoms with E-state index in [1.165, 1.54) is 17.3 Å². The average Bonchev–Trinajstić information content (AvgIpc) is 3.10. The highest BCUT2D eigenvalue weighted by Gasteiger charge is 2.12. The number of aromatic nitrogens is 5. The molecule has 0 atom stereocenters. The molecule has 0 aliphatic carbocycles. The first-order chi connectivity index (χ1) is 9.74. The molecule has 0 bridgehead atoms. The fourth-order valence-corrected chi connectivity index (χ4v) is 2.03. The van der Waals surface area contributed by atoms with Crippen LogP contribution in [0.2, 0.25) is 0 Å². The Kier molecular flexibility index (Phi) is 3.30. The van der Waals surface area contributed by atoms with Crippen molar-refractivity contribution < 1.29 is 4.79 Å². The quantitative estimate of drug-likeness (QED) is 0.767. The predicted molar refractivity (Wildman–Crippen MR) is 75.6 cm³/mol. The molecule has 3 heterocycles. The number of amides is 1. The van der Waals surface area contributed by atoms with Crippen LogP contribution in [0.4, 0.5) is 5.69 Å². The summed E-state index contributed by atoms with van der Waals surface area (Å²) in [4.78, 5) is 23.0. The van der Waals surface area contributed by atoms with Gasteiger partial charge in [-0.25, -0.2) is 14.6 Å². The van der Waals surface area contributed by atoms with Crippen LogP contribution in [0, 0.1) is 0 Å². The molecule has 0 fully saturated rings. The zero-order valence-electron chi connectivity index (χ0n) is 10.1. The van der Waals surface area contributed by atoms with Crippen LogP contribution in [-0.2, 0) is 0 Å². The molecule has 100 valence electrons. The normalized spacial score (nSPS) is 10.4. The second-order valence-electron chi connectivity index (χ2n) is 3.90. The Morgan fingerprint density at radius 1 is 1.45 bits per heavy atom. The summed E-state index contributed by atoms with van der Waals surface area (Å²) in [6.45, 7) is 0. The number of carbonyl (C=O) groups excluding carboxylic acids is 1. The summed E-state index contributed by atoms with van der Waals surface area (Å²) in [6.07, 6.45) is 6.24. The number of pyridine rings is 1. The van der Waals surface area contributed by atoms with Gasteiger partial charge in [0.25, 0.3) is 5.91 Å². The van der Waals surface area contributed by atoms with Gasteiger partial charge in [0, 0.05) is 16.9 Å². The average molecular weight is 333 g/mol. The van der Waals surface area contributed by atoms with Gasteiger partial charge in [-0.15, -0.1) is 0 Å². The molecule has 20 heavy (non-hydrogen) atoms. The predicted octanol–water partition coefficient (Wildman–Crippen LogP) is 2.01. The molecule has 3 rings (SSSR count). The van der Waals surface area contributed by atoms with Crippen molar-refractivity contribution in [3.63, 3.8) is 0 Å². The number of halogens is 1. The minimum atomic E-state index is -0.259. The lowest BCUT2D eigenvalue weighted by molar-refractivity contribution is 0.102. The number of carbonyl (C=O) groups is 1. The molecule has 0 saturated carbocycles. The Labute approximate surface area is 122 Å². The summed E-state index contributed by atoms with van der Waals surface area (Å²) >= 11 is 3.29. The Hall–Kier alpha value is -2.48. The van der Waals surface area contributed by atoms with Crippen molar-refractivity contribution >= 4 is 27.5 Å². The van der Waals surface area contributed by atoms with Gasteiger partial charge in [-0.2, -0.15) is 5.10 Å². The number of nitrogens with zero attached hydrogens (tertiary/aromatic N) is 4. The Bertz CT molecular complexity index is 736. The first kappa shape index (κ1) is 12.5. The zero-order valence-corrected chi connectivity index (χ0v) is 11.7. The van der Waals surface area contributed by atoms with E-state index >= 15 is 0 Å². The number of nitrogens with one attached hydrogen (secondary N) is 2. The number of anilines is 1. The number of rotatable bonds is 3. The van der Waals surface area contributed by atoms with Crippen molar-refractivity contribution in [3.05, 3.63) is 53.4 Å². The monoisotopic (exact) mass is 332 g/mol. The second kappa shape index (κ2) is 5.25. The molecular formula is C12H9BrN6O. The Morgan fingerprint density at radius 3 is 3.05 bits per heavy atom. The molecule has 0 saturated heterocycles. The van der Waals surface area contributed by atoms with Crippen LogP contribution in [0.25, 0.3) is 5.82 Å². The van der Waals surface area contributed by atoms with Crippen molar-refractivity contribution in [2.75, 3.05) is 5.32 Å². The zero-order chi connectivity index (χ0) is 13.9. The van der Waals surface area contributed by atoms with E-state index in [2.05, 4.69) is 41.3 Å². The maximum atomic E-state index is 12.1. The molecular weight excluding hydrogens is 324 g/mol. The Morgan fingerprint density at radius 2 is 2.35 bits per heavy atom. The second-order valence-corrected chi connectivity index (χ2v) is 4.82. The van der Waals surface area contributed by atoms with Gasteiger partial charge in [-0.05, 0) is 34.1 Å². The van der Waals surface area contributed by atoms with Gasteiger partial charge in [0.2, 0.25) is 0 Å². The molecule has 3 aromatic heterocycles. The third kappa shape index (κ3) is 2.45. The SMILES string of the molecule is O=C(Nc1cccnc1-n1cncn1)c1cc(Br)c[nH]1. The first-order valence-corrected chi connectivity index (χ1v) is 6.48. The lowest BCUT2D eigenvalue weighted by atomic mass is 10.3. The van der Waals surface area contributed by atoms with Crippen molar-refractivity contribution in [1.29, 1.82) is 0 Å². The van der Waals surface area contributed by atoms with Gasteiger partial charge < -0.3 is 10.3 Å². The van der Waals surface area contributed by atoms with Crippen molar-refractivity contribution in [3.8, 4) is 5.82 Å². The number of hydrogen-bond acceptors (Lipinski definition) is 4. The van der Waals surface area contributed by atoms with E-state index in [0.29, 0.717) is 17.2 Å². The van der Waals surface area contributed by atoms with E-state index in [9.17, 15) is 4.79 Å². The van der Waals surface area contributed by atoms with Gasteiger partial charge >= 0.3 is 0 Å². The molecule has 3 aromatic rings. The topological polar surface area (TPSA) is 88.5 Å². The maximum Gasteiger partial charge on any atom is 0.272 e. The van der Waals surface area contributed by atoms with Gasteiger partial charge in [-0.1, -0.05) is 0 Å². The van der Waals surface area contributed by atoms with E-state index in [-0.39, 0.29) is 5.91 Å². The van der Waals surface area contributed by atoms with Crippen LogP contribution in [0.1, 0.15) is 10.5 Å². The van der Waals surface area contributed by atoms with Crippen molar-refractivity contribution in [2.45, 2.75) is 0 Å². The molecule has 0 aromatic carbocycles. The van der Waals surface area contributed by atoms with Gasteiger partial charge in [0.05, 0.1) is 5.69 Å². The third-order valence-corrected chi connectivity index (χ3v) is 3.02. The molecule has 8 heteroatoms. The summed E-state index contributed by atoms with van der Waals surface area (Å²) in [5, 5.41) is 6.79. The molecule has 1 amide bonds. The van der Waals surface area contributed by atoms with Crippen LogP contribution in [0.15, 0.2) is 47.7 Å².